The monoisotopic (exact) mass is 219 g/mol. The van der Waals surface area contributed by atoms with E-state index in [2.05, 4.69) is 12.2 Å². The van der Waals surface area contributed by atoms with E-state index in [-0.39, 0.29) is 0 Å². The molecule has 0 bridgehead atoms. The molecule has 15 heavy (non-hydrogen) atoms. The van der Waals surface area contributed by atoms with E-state index in [1.165, 1.54) is 0 Å². The Morgan fingerprint density at radius 3 is 2.67 bits per heavy atom. The summed E-state index contributed by atoms with van der Waals surface area (Å²) in [7, 11) is 0. The molecular weight excluding hydrogens is 194 g/mol. The molecule has 0 aliphatic carbocycles. The first-order valence-electron chi connectivity index (χ1n) is 5.85. The lowest BCUT2D eigenvalue weighted by atomic mass is 10.3. The Balaban J connectivity index is 3.08. The topological polar surface area (TPSA) is 50.7 Å². The van der Waals surface area contributed by atoms with E-state index >= 15 is 0 Å². The van der Waals surface area contributed by atoms with Crippen LogP contribution >= 0.6 is 0 Å². The van der Waals surface area contributed by atoms with Gasteiger partial charge in [0.2, 0.25) is 0 Å². The second-order valence-corrected chi connectivity index (χ2v) is 3.48. The maximum absolute atomic E-state index is 9.48. The van der Waals surface area contributed by atoms with Crippen LogP contribution in [0, 0.1) is 0 Å². The molecule has 0 saturated carbocycles. The maximum Gasteiger partial charge on any atom is 0.0897 e. The Labute approximate surface area is 93.0 Å². The van der Waals surface area contributed by atoms with Gasteiger partial charge >= 0.3 is 0 Å². The highest BCUT2D eigenvalue weighted by Gasteiger charge is 2.02. The lowest BCUT2D eigenvalue weighted by molar-refractivity contribution is 0.0348. The molecule has 4 nitrogen and oxygen atoms in total. The van der Waals surface area contributed by atoms with Crippen molar-refractivity contribution in [1.82, 2.24) is 5.32 Å². The maximum atomic E-state index is 9.48. The van der Waals surface area contributed by atoms with Gasteiger partial charge in [0.05, 0.1) is 19.3 Å². The van der Waals surface area contributed by atoms with Gasteiger partial charge in [-0.25, -0.2) is 0 Å². The van der Waals surface area contributed by atoms with Gasteiger partial charge in [-0.1, -0.05) is 13.3 Å². The van der Waals surface area contributed by atoms with Gasteiger partial charge in [0.1, 0.15) is 0 Å². The molecule has 0 heterocycles. The Hall–Kier alpha value is -0.160. The van der Waals surface area contributed by atoms with Crippen LogP contribution in [0.5, 0.6) is 0 Å². The van der Waals surface area contributed by atoms with Gasteiger partial charge in [-0.3, -0.25) is 0 Å². The number of hydrogen-bond acceptors (Lipinski definition) is 4. The number of rotatable bonds is 11. The fraction of sp³-hybridized carbons (Fsp3) is 1.00. The Kier molecular flexibility index (Phi) is 11.8. The fourth-order valence-electron chi connectivity index (χ4n) is 1.08. The van der Waals surface area contributed by atoms with Gasteiger partial charge < -0.3 is 19.9 Å². The third-order valence-electron chi connectivity index (χ3n) is 1.96. The van der Waals surface area contributed by atoms with Gasteiger partial charge in [0, 0.05) is 26.3 Å². The summed E-state index contributed by atoms with van der Waals surface area (Å²) in [5, 5.41) is 12.6. The fourth-order valence-corrected chi connectivity index (χ4v) is 1.08. The summed E-state index contributed by atoms with van der Waals surface area (Å²) >= 11 is 0. The number of hydrogen-bond donors (Lipinski definition) is 2. The largest absolute Gasteiger partial charge is 0.389 e. The van der Waals surface area contributed by atoms with E-state index in [4.69, 9.17) is 9.47 Å². The van der Waals surface area contributed by atoms with E-state index in [0.717, 1.165) is 32.6 Å². The molecule has 0 fully saturated rings. The van der Waals surface area contributed by atoms with Crippen molar-refractivity contribution < 1.29 is 14.6 Å². The molecule has 2 N–H and O–H groups in total. The van der Waals surface area contributed by atoms with Crippen LogP contribution in [-0.2, 0) is 9.47 Å². The average molecular weight is 219 g/mol. The molecule has 4 heteroatoms. The molecule has 0 saturated heterocycles. The van der Waals surface area contributed by atoms with Crippen molar-refractivity contribution in [2.45, 2.75) is 32.8 Å². The van der Waals surface area contributed by atoms with Crippen LogP contribution in [0.25, 0.3) is 0 Å². The quantitative estimate of drug-likeness (QED) is 0.504. The van der Waals surface area contributed by atoms with Crippen LogP contribution in [0.2, 0.25) is 0 Å². The molecule has 1 atom stereocenters. The highest BCUT2D eigenvalue weighted by Crippen LogP contribution is 1.90. The predicted octanol–water partition coefficient (Wildman–Crippen LogP) is 0.790. The second kappa shape index (κ2) is 11.9. The molecule has 0 aromatic rings. The van der Waals surface area contributed by atoms with Crippen LogP contribution in [0.4, 0.5) is 0 Å². The molecule has 0 radical (unpaired) electrons. The van der Waals surface area contributed by atoms with Gasteiger partial charge in [-0.05, 0) is 13.3 Å². The van der Waals surface area contributed by atoms with E-state index in [1.54, 1.807) is 0 Å². The minimum absolute atomic E-state index is 0.413. The van der Waals surface area contributed by atoms with Crippen molar-refractivity contribution in [3.05, 3.63) is 0 Å². The Bertz CT molecular complexity index is 122. The number of unbranched alkanes of at least 4 members (excludes halogenated alkanes) is 1. The van der Waals surface area contributed by atoms with Crippen molar-refractivity contribution in [3.63, 3.8) is 0 Å². The van der Waals surface area contributed by atoms with E-state index < -0.39 is 6.10 Å². The molecule has 0 amide bonds. The lowest BCUT2D eigenvalue weighted by Gasteiger charge is -2.12. The van der Waals surface area contributed by atoms with E-state index in [0.29, 0.717) is 19.8 Å². The van der Waals surface area contributed by atoms with Crippen LogP contribution < -0.4 is 5.32 Å². The molecule has 0 aromatic carbocycles. The third kappa shape index (κ3) is 11.8. The summed E-state index contributed by atoms with van der Waals surface area (Å²) in [6.07, 6.45) is 1.77. The van der Waals surface area contributed by atoms with Crippen molar-refractivity contribution in [2.75, 3.05) is 39.5 Å². The van der Waals surface area contributed by atoms with Crippen molar-refractivity contribution in [3.8, 4) is 0 Å². The molecular formula is C11H25NO3. The SMILES string of the molecule is CCCCOCC(O)CNCCOCC. The molecule has 92 valence electrons. The van der Waals surface area contributed by atoms with E-state index in [1.807, 2.05) is 6.92 Å². The first kappa shape index (κ1) is 14.8. The normalized spacial score (nSPS) is 13.0. The summed E-state index contributed by atoms with van der Waals surface area (Å²) < 4.78 is 10.4. The molecule has 0 aromatic heterocycles. The second-order valence-electron chi connectivity index (χ2n) is 3.48. The van der Waals surface area contributed by atoms with Crippen molar-refractivity contribution in [1.29, 1.82) is 0 Å². The number of nitrogens with one attached hydrogen (secondary N) is 1. The summed E-state index contributed by atoms with van der Waals surface area (Å²) in [6, 6.07) is 0. The number of aliphatic hydroxyl groups excluding tert-OH is 1. The summed E-state index contributed by atoms with van der Waals surface area (Å²) in [5.74, 6) is 0. The van der Waals surface area contributed by atoms with Gasteiger partial charge in [-0.2, -0.15) is 0 Å². The lowest BCUT2D eigenvalue weighted by Crippen LogP contribution is -2.32. The van der Waals surface area contributed by atoms with E-state index in [9.17, 15) is 5.11 Å². The first-order valence-corrected chi connectivity index (χ1v) is 5.85. The van der Waals surface area contributed by atoms with Crippen LogP contribution in [0.1, 0.15) is 26.7 Å². The van der Waals surface area contributed by atoms with Gasteiger partial charge in [-0.15, -0.1) is 0 Å². The van der Waals surface area contributed by atoms with Gasteiger partial charge in [0.15, 0.2) is 0 Å². The molecule has 0 rings (SSSR count). The summed E-state index contributed by atoms with van der Waals surface area (Å²) in [6.45, 7) is 8.03. The molecule has 0 aliphatic rings. The van der Waals surface area contributed by atoms with Crippen LogP contribution in [-0.4, -0.2) is 50.7 Å². The standard InChI is InChI=1S/C11H25NO3/c1-3-5-7-15-10-11(13)9-12-6-8-14-4-2/h11-13H,3-10H2,1-2H3. The minimum Gasteiger partial charge on any atom is -0.389 e. The summed E-state index contributed by atoms with van der Waals surface area (Å²) in [4.78, 5) is 0. The molecule has 0 aliphatic heterocycles. The minimum atomic E-state index is -0.413. The Morgan fingerprint density at radius 2 is 2.00 bits per heavy atom. The zero-order valence-electron chi connectivity index (χ0n) is 10.00. The van der Waals surface area contributed by atoms with Crippen LogP contribution in [0.3, 0.4) is 0 Å². The average Bonchev–Trinajstić information content (AvgIpc) is 2.24. The molecule has 1 unspecified atom stereocenters. The first-order chi connectivity index (χ1) is 7.31. The smallest absolute Gasteiger partial charge is 0.0897 e. The zero-order valence-corrected chi connectivity index (χ0v) is 10.00. The van der Waals surface area contributed by atoms with Crippen molar-refractivity contribution >= 4 is 0 Å². The van der Waals surface area contributed by atoms with Gasteiger partial charge in [0.25, 0.3) is 0 Å². The molecule has 0 spiro atoms. The number of aliphatic hydroxyl groups is 1. The Morgan fingerprint density at radius 1 is 1.20 bits per heavy atom. The van der Waals surface area contributed by atoms with Crippen molar-refractivity contribution in [2.24, 2.45) is 0 Å². The highest BCUT2D eigenvalue weighted by atomic mass is 16.5. The summed E-state index contributed by atoms with van der Waals surface area (Å²) in [5.41, 5.74) is 0. The number of ether oxygens (including phenoxy) is 2. The van der Waals surface area contributed by atoms with Crippen LogP contribution in [0.15, 0.2) is 0 Å². The zero-order chi connectivity index (χ0) is 11.4. The highest BCUT2D eigenvalue weighted by molar-refractivity contribution is 4.57. The third-order valence-corrected chi connectivity index (χ3v) is 1.96. The predicted molar refractivity (Wildman–Crippen MR) is 61.1 cm³/mol.